The summed E-state index contributed by atoms with van der Waals surface area (Å²) in [6.07, 6.45) is 0.695. The van der Waals surface area contributed by atoms with E-state index in [0.717, 1.165) is 13.2 Å². The van der Waals surface area contributed by atoms with Gasteiger partial charge in [-0.25, -0.2) is 26.4 Å². The van der Waals surface area contributed by atoms with E-state index in [1.165, 1.54) is 12.1 Å². The molecule has 2 aliphatic carbocycles. The Bertz CT molecular complexity index is 1280. The first kappa shape index (κ1) is 24.5. The van der Waals surface area contributed by atoms with E-state index < -0.39 is 61.9 Å². The lowest BCUT2D eigenvalue weighted by atomic mass is 9.84. The molecule has 2 aliphatic rings. The molecule has 0 saturated heterocycles. The molecule has 2 unspecified atom stereocenters. The van der Waals surface area contributed by atoms with E-state index in [-0.39, 0.29) is 27.6 Å². The van der Waals surface area contributed by atoms with Crippen molar-refractivity contribution in [2.24, 2.45) is 11.8 Å². The molecule has 2 N–H and O–H groups in total. The van der Waals surface area contributed by atoms with Gasteiger partial charge in [0, 0.05) is 29.3 Å². The summed E-state index contributed by atoms with van der Waals surface area (Å²) >= 11 is 6.15. The number of nitrogens with one attached hydrogen (secondary N) is 1. The third kappa shape index (κ3) is 3.85. The van der Waals surface area contributed by atoms with Crippen LogP contribution in [0.15, 0.2) is 35.2 Å². The molecule has 182 valence electrons. The van der Waals surface area contributed by atoms with Crippen molar-refractivity contribution < 1.29 is 41.0 Å². The number of carbonyl (C=O) groups excluding carboxylic acids is 2. The molecule has 2 saturated carbocycles. The van der Waals surface area contributed by atoms with Gasteiger partial charge in [-0.3, -0.25) is 4.79 Å². The first-order valence-corrected chi connectivity index (χ1v) is 12.1. The Hall–Kier alpha value is -2.63. The molecule has 0 spiro atoms. The van der Waals surface area contributed by atoms with E-state index in [4.69, 9.17) is 11.6 Å². The monoisotopic (exact) mass is 517 g/mol. The summed E-state index contributed by atoms with van der Waals surface area (Å²) < 4.78 is 71.8. The van der Waals surface area contributed by atoms with Gasteiger partial charge in [0.1, 0.15) is 0 Å². The molecule has 2 aromatic carbocycles. The number of benzene rings is 2. The SMILES string of the molecule is COC(=O)[C@@]1(O)CC2CCC1[C@@H]2S(=O)(=O)c1cc(C(=O)Nc2cc(F)c(F)c(F)c2)ccc1Cl. The second-order valence-electron chi connectivity index (χ2n) is 8.43. The number of hydrogen-bond donors (Lipinski definition) is 2. The van der Waals surface area contributed by atoms with Crippen molar-refractivity contribution in [3.63, 3.8) is 0 Å². The van der Waals surface area contributed by atoms with Crippen LogP contribution in [-0.2, 0) is 19.4 Å². The van der Waals surface area contributed by atoms with Crippen LogP contribution in [0, 0.1) is 29.3 Å². The summed E-state index contributed by atoms with van der Waals surface area (Å²) in [5, 5.41) is 11.7. The number of aliphatic hydroxyl groups is 1. The van der Waals surface area contributed by atoms with Crippen molar-refractivity contribution in [2.75, 3.05) is 12.4 Å². The third-order valence-corrected chi connectivity index (χ3v) is 9.36. The van der Waals surface area contributed by atoms with Gasteiger partial charge in [0.25, 0.3) is 5.91 Å². The molecule has 4 rings (SSSR count). The number of methoxy groups -OCH3 is 1. The van der Waals surface area contributed by atoms with Gasteiger partial charge in [0.05, 0.1) is 22.3 Å². The standard InChI is InChI=1S/C22H19ClF3NO6S/c1-33-21(29)22(30)9-11-2-4-13(22)19(11)34(31,32)17-6-10(3-5-14(17)23)20(28)27-12-7-15(24)18(26)16(25)8-12/h3,5-8,11,13,19,30H,2,4,9H2,1H3,(H,27,28)/t11?,13?,19-,22-/m1/s1. The molecular weight excluding hydrogens is 499 g/mol. The molecule has 2 aromatic rings. The molecule has 7 nitrogen and oxygen atoms in total. The van der Waals surface area contributed by atoms with Crippen LogP contribution in [0.2, 0.25) is 5.02 Å². The number of rotatable bonds is 5. The Morgan fingerprint density at radius 1 is 1.15 bits per heavy atom. The van der Waals surface area contributed by atoms with Crippen molar-refractivity contribution in [1.29, 1.82) is 0 Å². The molecule has 0 radical (unpaired) electrons. The van der Waals surface area contributed by atoms with E-state index in [2.05, 4.69) is 10.1 Å². The number of carbonyl (C=O) groups is 2. The van der Waals surface area contributed by atoms with Gasteiger partial charge in [0.15, 0.2) is 32.9 Å². The zero-order chi connectivity index (χ0) is 25.0. The predicted molar refractivity (Wildman–Crippen MR) is 114 cm³/mol. The minimum absolute atomic E-state index is 0.0757. The number of fused-ring (bicyclic) bond motifs is 2. The van der Waals surface area contributed by atoms with Crippen molar-refractivity contribution in [1.82, 2.24) is 0 Å². The summed E-state index contributed by atoms with van der Waals surface area (Å²) in [5.41, 5.74) is -2.51. The van der Waals surface area contributed by atoms with E-state index in [0.29, 0.717) is 25.0 Å². The fourth-order valence-electron chi connectivity index (χ4n) is 5.05. The Morgan fingerprint density at radius 2 is 1.79 bits per heavy atom. The first-order valence-electron chi connectivity index (χ1n) is 10.2. The third-order valence-electron chi connectivity index (χ3n) is 6.54. The van der Waals surface area contributed by atoms with Crippen molar-refractivity contribution in [3.05, 3.63) is 58.4 Å². The van der Waals surface area contributed by atoms with Crippen LogP contribution in [0.5, 0.6) is 0 Å². The van der Waals surface area contributed by atoms with Crippen molar-refractivity contribution >= 4 is 39.0 Å². The minimum Gasteiger partial charge on any atom is -0.467 e. The highest BCUT2D eigenvalue weighted by molar-refractivity contribution is 7.92. The zero-order valence-electron chi connectivity index (χ0n) is 17.6. The van der Waals surface area contributed by atoms with E-state index in [1.807, 2.05) is 0 Å². The zero-order valence-corrected chi connectivity index (χ0v) is 19.2. The smallest absolute Gasteiger partial charge is 0.338 e. The van der Waals surface area contributed by atoms with Gasteiger partial charge in [-0.2, -0.15) is 0 Å². The first-order chi connectivity index (χ1) is 15.9. The van der Waals surface area contributed by atoms with Crippen LogP contribution < -0.4 is 5.32 Å². The maximum Gasteiger partial charge on any atom is 0.338 e. The van der Waals surface area contributed by atoms with E-state index in [1.54, 1.807) is 0 Å². The number of hydrogen-bond acceptors (Lipinski definition) is 6. The fourth-order valence-corrected chi connectivity index (χ4v) is 7.95. The lowest BCUT2D eigenvalue weighted by molar-refractivity contribution is -0.168. The second kappa shape index (κ2) is 8.54. The Balaban J connectivity index is 1.66. The summed E-state index contributed by atoms with van der Waals surface area (Å²) in [6, 6.07) is 4.55. The molecule has 0 aromatic heterocycles. The molecular formula is C22H19ClF3NO6S. The second-order valence-corrected chi connectivity index (χ2v) is 10.9. The largest absolute Gasteiger partial charge is 0.467 e. The molecule has 34 heavy (non-hydrogen) atoms. The van der Waals surface area contributed by atoms with Gasteiger partial charge in [-0.05, 0) is 43.4 Å². The quantitative estimate of drug-likeness (QED) is 0.464. The highest BCUT2D eigenvalue weighted by atomic mass is 35.5. The maximum absolute atomic E-state index is 13.6. The molecule has 4 atom stereocenters. The van der Waals surface area contributed by atoms with E-state index >= 15 is 0 Å². The fraction of sp³-hybridized carbons (Fsp3) is 0.364. The van der Waals surface area contributed by atoms with Crippen LogP contribution in [0.4, 0.5) is 18.9 Å². The highest BCUT2D eigenvalue weighted by Crippen LogP contribution is 2.55. The lowest BCUT2D eigenvalue weighted by Gasteiger charge is -2.29. The average molecular weight is 518 g/mol. The molecule has 0 heterocycles. The van der Waals surface area contributed by atoms with Crippen LogP contribution in [0.25, 0.3) is 0 Å². The van der Waals surface area contributed by atoms with Crippen molar-refractivity contribution in [2.45, 2.75) is 35.0 Å². The Morgan fingerprint density at radius 3 is 2.41 bits per heavy atom. The van der Waals surface area contributed by atoms with Crippen LogP contribution in [-0.4, -0.2) is 43.4 Å². The summed E-state index contributed by atoms with van der Waals surface area (Å²) in [7, 11) is -3.11. The summed E-state index contributed by atoms with van der Waals surface area (Å²) in [6.45, 7) is 0. The minimum atomic E-state index is -4.22. The van der Waals surface area contributed by atoms with Gasteiger partial charge >= 0.3 is 5.97 Å². The molecule has 2 bridgehead atoms. The molecule has 2 fully saturated rings. The van der Waals surface area contributed by atoms with Gasteiger partial charge in [0.2, 0.25) is 0 Å². The van der Waals surface area contributed by atoms with Crippen LogP contribution >= 0.6 is 11.6 Å². The van der Waals surface area contributed by atoms with Crippen LogP contribution in [0.3, 0.4) is 0 Å². The predicted octanol–water partition coefficient (Wildman–Crippen LogP) is 3.49. The number of ether oxygens (including phenoxy) is 1. The normalized spacial score (nSPS) is 25.9. The summed E-state index contributed by atoms with van der Waals surface area (Å²) in [5.74, 6) is -7.96. The molecule has 12 heteroatoms. The summed E-state index contributed by atoms with van der Waals surface area (Å²) in [4.78, 5) is 24.4. The van der Waals surface area contributed by atoms with Crippen molar-refractivity contribution in [3.8, 4) is 0 Å². The Kier molecular flexibility index (Phi) is 6.16. The Labute approximate surface area is 197 Å². The number of sulfone groups is 1. The number of esters is 1. The van der Waals surface area contributed by atoms with Gasteiger partial charge < -0.3 is 15.2 Å². The van der Waals surface area contributed by atoms with Gasteiger partial charge in [-0.1, -0.05) is 11.6 Å². The van der Waals surface area contributed by atoms with Gasteiger partial charge in [-0.15, -0.1) is 0 Å². The van der Waals surface area contributed by atoms with Crippen LogP contribution in [0.1, 0.15) is 29.6 Å². The molecule has 1 amide bonds. The topological polar surface area (TPSA) is 110 Å². The number of halogens is 4. The lowest BCUT2D eigenvalue weighted by Crippen LogP contribution is -2.46. The number of anilines is 1. The number of amides is 1. The molecule has 0 aliphatic heterocycles. The average Bonchev–Trinajstić information content (AvgIpc) is 3.33. The maximum atomic E-state index is 13.6. The van der Waals surface area contributed by atoms with E-state index in [9.17, 15) is 36.3 Å². The highest BCUT2D eigenvalue weighted by Gasteiger charge is 2.65.